The SMILES string of the molecule is O=C(O)c1ccc(-c2cc(NCCc3cccc4cccnc34)ncn2)cc1OC1CCC1. The Morgan fingerprint density at radius 2 is 1.94 bits per heavy atom. The lowest BCUT2D eigenvalue weighted by molar-refractivity contribution is 0.0680. The van der Waals surface area contributed by atoms with Gasteiger partial charge in [0, 0.05) is 29.8 Å². The number of pyridine rings is 1. The maximum atomic E-state index is 11.6. The van der Waals surface area contributed by atoms with E-state index < -0.39 is 5.97 Å². The molecular formula is C26H24N4O3. The Bertz CT molecular complexity index is 1300. The topological polar surface area (TPSA) is 97.2 Å². The summed E-state index contributed by atoms with van der Waals surface area (Å²) in [5.74, 6) is 0.0992. The standard InChI is InChI=1S/C26H24N4O3/c31-26(32)21-10-9-19(14-23(21)33-20-7-2-8-20)22-15-24(30-16-29-22)27-13-11-18-5-1-4-17-6-3-12-28-25(17)18/h1,3-6,9-10,12,14-16,20H,2,7-8,11,13H2,(H,31,32)(H,27,29,30). The first-order chi connectivity index (χ1) is 16.2. The number of para-hydroxylation sites is 1. The monoisotopic (exact) mass is 440 g/mol. The fourth-order valence-electron chi connectivity index (χ4n) is 3.93. The number of hydrogen-bond donors (Lipinski definition) is 2. The summed E-state index contributed by atoms with van der Waals surface area (Å²) >= 11 is 0. The predicted octanol–water partition coefficient (Wildman–Crippen LogP) is 4.98. The van der Waals surface area contributed by atoms with Crippen molar-refractivity contribution in [1.29, 1.82) is 0 Å². The van der Waals surface area contributed by atoms with Crippen molar-refractivity contribution in [2.75, 3.05) is 11.9 Å². The average Bonchev–Trinajstić information content (AvgIpc) is 2.81. The maximum absolute atomic E-state index is 11.6. The molecule has 0 atom stereocenters. The molecule has 7 nitrogen and oxygen atoms in total. The van der Waals surface area contributed by atoms with Gasteiger partial charge in [-0.3, -0.25) is 4.98 Å². The highest BCUT2D eigenvalue weighted by molar-refractivity contribution is 5.92. The van der Waals surface area contributed by atoms with Crippen LogP contribution in [0.25, 0.3) is 22.2 Å². The van der Waals surface area contributed by atoms with Crippen LogP contribution in [0.4, 0.5) is 5.82 Å². The van der Waals surface area contributed by atoms with E-state index in [1.165, 1.54) is 11.9 Å². The molecule has 2 heterocycles. The number of carboxylic acids is 1. The van der Waals surface area contributed by atoms with E-state index in [0.717, 1.165) is 42.1 Å². The van der Waals surface area contributed by atoms with Gasteiger partial charge in [0.25, 0.3) is 0 Å². The van der Waals surface area contributed by atoms with Gasteiger partial charge < -0.3 is 15.2 Å². The van der Waals surface area contributed by atoms with Crippen molar-refractivity contribution in [2.45, 2.75) is 31.8 Å². The molecule has 1 fully saturated rings. The number of nitrogens with zero attached hydrogens (tertiary/aromatic N) is 3. The van der Waals surface area contributed by atoms with Gasteiger partial charge in [-0.25, -0.2) is 14.8 Å². The number of aromatic nitrogens is 3. The molecule has 166 valence electrons. The van der Waals surface area contributed by atoms with E-state index in [9.17, 15) is 9.90 Å². The molecule has 0 aliphatic heterocycles. The van der Waals surface area contributed by atoms with Crippen molar-refractivity contribution in [2.24, 2.45) is 0 Å². The van der Waals surface area contributed by atoms with Gasteiger partial charge in [0.15, 0.2) is 0 Å². The van der Waals surface area contributed by atoms with Crippen LogP contribution in [0.5, 0.6) is 5.75 Å². The number of carboxylic acid groups (broad SMARTS) is 1. The van der Waals surface area contributed by atoms with Crippen molar-refractivity contribution in [3.8, 4) is 17.0 Å². The molecule has 0 bridgehead atoms. The Morgan fingerprint density at radius 1 is 1.06 bits per heavy atom. The number of ether oxygens (including phenoxy) is 1. The highest BCUT2D eigenvalue weighted by atomic mass is 16.5. The van der Waals surface area contributed by atoms with Crippen LogP contribution in [-0.2, 0) is 6.42 Å². The first-order valence-corrected chi connectivity index (χ1v) is 11.1. The van der Waals surface area contributed by atoms with E-state index in [4.69, 9.17) is 4.74 Å². The van der Waals surface area contributed by atoms with Crippen LogP contribution in [0.1, 0.15) is 35.2 Å². The van der Waals surface area contributed by atoms with Crippen LogP contribution in [0, 0.1) is 0 Å². The molecule has 0 unspecified atom stereocenters. The number of nitrogens with one attached hydrogen (secondary N) is 1. The predicted molar refractivity (Wildman–Crippen MR) is 127 cm³/mol. The molecular weight excluding hydrogens is 416 g/mol. The second-order valence-electron chi connectivity index (χ2n) is 8.14. The highest BCUT2D eigenvalue weighted by Gasteiger charge is 2.22. The molecule has 2 aromatic carbocycles. The Balaban J connectivity index is 1.31. The van der Waals surface area contributed by atoms with Gasteiger partial charge in [0.2, 0.25) is 0 Å². The molecule has 2 N–H and O–H groups in total. The quantitative estimate of drug-likeness (QED) is 0.399. The summed E-state index contributed by atoms with van der Waals surface area (Å²) in [6.45, 7) is 0.695. The molecule has 2 aromatic heterocycles. The molecule has 1 aliphatic carbocycles. The maximum Gasteiger partial charge on any atom is 0.339 e. The third-order valence-electron chi connectivity index (χ3n) is 5.94. The van der Waals surface area contributed by atoms with Gasteiger partial charge in [-0.1, -0.05) is 30.3 Å². The summed E-state index contributed by atoms with van der Waals surface area (Å²) in [4.78, 5) is 24.8. The number of rotatable bonds is 8. The first kappa shape index (κ1) is 20.9. The van der Waals surface area contributed by atoms with Gasteiger partial charge in [0.1, 0.15) is 23.5 Å². The van der Waals surface area contributed by atoms with Crippen LogP contribution in [0.15, 0.2) is 67.1 Å². The number of fused-ring (bicyclic) bond motifs is 1. The zero-order valence-corrected chi connectivity index (χ0v) is 18.1. The largest absolute Gasteiger partial charge is 0.490 e. The number of benzene rings is 2. The van der Waals surface area contributed by atoms with E-state index in [0.29, 0.717) is 23.8 Å². The van der Waals surface area contributed by atoms with Crippen molar-refractivity contribution in [3.05, 3.63) is 78.2 Å². The van der Waals surface area contributed by atoms with E-state index in [1.807, 2.05) is 24.4 Å². The van der Waals surface area contributed by atoms with Crippen LogP contribution < -0.4 is 10.1 Å². The zero-order chi connectivity index (χ0) is 22.6. The van der Waals surface area contributed by atoms with Gasteiger partial charge in [-0.2, -0.15) is 0 Å². The van der Waals surface area contributed by atoms with Crippen molar-refractivity contribution >= 4 is 22.7 Å². The van der Waals surface area contributed by atoms with Crippen LogP contribution in [0.3, 0.4) is 0 Å². The molecule has 5 rings (SSSR count). The number of anilines is 1. The minimum atomic E-state index is -0.996. The Labute approximate surface area is 191 Å². The zero-order valence-electron chi connectivity index (χ0n) is 18.1. The Morgan fingerprint density at radius 3 is 2.76 bits per heavy atom. The van der Waals surface area contributed by atoms with E-state index in [2.05, 4.69) is 38.5 Å². The molecule has 0 amide bonds. The Kier molecular flexibility index (Phi) is 5.85. The van der Waals surface area contributed by atoms with E-state index >= 15 is 0 Å². The van der Waals surface area contributed by atoms with Gasteiger partial charge in [0.05, 0.1) is 17.3 Å². The Hall–Kier alpha value is -4.00. The highest BCUT2D eigenvalue weighted by Crippen LogP contribution is 2.31. The van der Waals surface area contributed by atoms with Crippen molar-refractivity contribution in [1.82, 2.24) is 15.0 Å². The van der Waals surface area contributed by atoms with Gasteiger partial charge in [-0.15, -0.1) is 0 Å². The lowest BCUT2D eigenvalue weighted by atomic mass is 9.96. The first-order valence-electron chi connectivity index (χ1n) is 11.1. The number of hydrogen-bond acceptors (Lipinski definition) is 6. The lowest BCUT2D eigenvalue weighted by Gasteiger charge is -2.27. The molecule has 0 spiro atoms. The molecule has 33 heavy (non-hydrogen) atoms. The fourth-order valence-corrected chi connectivity index (χ4v) is 3.93. The average molecular weight is 441 g/mol. The third kappa shape index (κ3) is 4.62. The van der Waals surface area contributed by atoms with Gasteiger partial charge >= 0.3 is 5.97 Å². The summed E-state index contributed by atoms with van der Waals surface area (Å²) in [5.41, 5.74) is 3.86. The fraction of sp³-hybridized carbons (Fsp3) is 0.231. The summed E-state index contributed by atoms with van der Waals surface area (Å²) < 4.78 is 5.94. The summed E-state index contributed by atoms with van der Waals surface area (Å²) in [7, 11) is 0. The smallest absolute Gasteiger partial charge is 0.339 e. The molecule has 1 aliphatic rings. The second-order valence-corrected chi connectivity index (χ2v) is 8.14. The van der Waals surface area contributed by atoms with Crippen LogP contribution in [-0.4, -0.2) is 38.7 Å². The minimum absolute atomic E-state index is 0.0875. The minimum Gasteiger partial charge on any atom is -0.490 e. The van der Waals surface area contributed by atoms with Crippen LogP contribution in [0.2, 0.25) is 0 Å². The lowest BCUT2D eigenvalue weighted by Crippen LogP contribution is -2.25. The normalized spacial score (nSPS) is 13.5. The molecule has 4 aromatic rings. The molecule has 1 saturated carbocycles. The summed E-state index contributed by atoms with van der Waals surface area (Å²) in [6.07, 6.45) is 7.24. The summed E-state index contributed by atoms with van der Waals surface area (Å²) in [6, 6.07) is 17.2. The van der Waals surface area contributed by atoms with Gasteiger partial charge in [-0.05, 0) is 49.4 Å². The number of carbonyl (C=O) groups is 1. The number of aromatic carboxylic acids is 1. The molecule has 0 radical (unpaired) electrons. The van der Waals surface area contributed by atoms with E-state index in [1.54, 1.807) is 18.2 Å². The van der Waals surface area contributed by atoms with Crippen molar-refractivity contribution < 1.29 is 14.6 Å². The molecule has 7 heteroatoms. The van der Waals surface area contributed by atoms with Crippen LogP contribution >= 0.6 is 0 Å². The second kappa shape index (κ2) is 9.24. The third-order valence-corrected chi connectivity index (χ3v) is 5.94. The van der Waals surface area contributed by atoms with Crippen molar-refractivity contribution in [3.63, 3.8) is 0 Å². The summed E-state index contributed by atoms with van der Waals surface area (Å²) in [5, 5.41) is 14.0. The van der Waals surface area contributed by atoms with E-state index in [-0.39, 0.29) is 11.7 Å². The molecule has 0 saturated heterocycles.